The number of pyridine rings is 1. The zero-order valence-corrected chi connectivity index (χ0v) is 24.3. The van der Waals surface area contributed by atoms with Crippen molar-refractivity contribution in [2.24, 2.45) is 0 Å². The van der Waals surface area contributed by atoms with E-state index in [4.69, 9.17) is 16.5 Å². The first-order chi connectivity index (χ1) is 20.1. The summed E-state index contributed by atoms with van der Waals surface area (Å²) in [6.07, 6.45) is 8.51. The van der Waals surface area contributed by atoms with Gasteiger partial charge in [0, 0.05) is 54.6 Å². The minimum absolute atomic E-state index is 0.0255. The van der Waals surface area contributed by atoms with E-state index in [2.05, 4.69) is 20.1 Å². The van der Waals surface area contributed by atoms with Crippen LogP contribution in [0.15, 0.2) is 72.1 Å². The smallest absolute Gasteiger partial charge is 0.276 e. The van der Waals surface area contributed by atoms with Crippen LogP contribution in [0.3, 0.4) is 0 Å². The van der Waals surface area contributed by atoms with E-state index in [0.29, 0.717) is 29.7 Å². The van der Waals surface area contributed by atoms with Gasteiger partial charge in [-0.05, 0) is 25.3 Å². The van der Waals surface area contributed by atoms with E-state index < -0.39 is 9.84 Å². The summed E-state index contributed by atoms with van der Waals surface area (Å²) in [5.74, 6) is -0.353. The fraction of sp³-hybridized carbons (Fsp3) is 0.241. The average Bonchev–Trinajstić information content (AvgIpc) is 3.41. The number of anilines is 2. The maximum atomic E-state index is 13.1. The van der Waals surface area contributed by atoms with Crippen LogP contribution in [-0.4, -0.2) is 68.1 Å². The van der Waals surface area contributed by atoms with Crippen LogP contribution in [0, 0.1) is 0 Å². The van der Waals surface area contributed by atoms with Crippen LogP contribution in [0.1, 0.15) is 35.9 Å². The molecule has 0 aliphatic heterocycles. The largest absolute Gasteiger partial charge is 0.382 e. The van der Waals surface area contributed by atoms with Gasteiger partial charge in [-0.15, -0.1) is 0 Å². The van der Waals surface area contributed by atoms with Crippen LogP contribution in [0.5, 0.6) is 0 Å². The van der Waals surface area contributed by atoms with Crippen molar-refractivity contribution in [2.75, 3.05) is 24.8 Å². The van der Waals surface area contributed by atoms with E-state index in [1.54, 1.807) is 24.3 Å². The molecule has 1 amide bonds. The van der Waals surface area contributed by atoms with Gasteiger partial charge in [0.05, 0.1) is 17.6 Å². The third-order valence-electron chi connectivity index (χ3n) is 7.21. The molecule has 12 nitrogen and oxygen atoms in total. The van der Waals surface area contributed by atoms with Gasteiger partial charge in [0.1, 0.15) is 10.7 Å². The van der Waals surface area contributed by atoms with Gasteiger partial charge in [0.2, 0.25) is 0 Å². The second-order valence-corrected chi connectivity index (χ2v) is 11.9. The number of benzene rings is 1. The SMILES string of the molecule is CC[C@H](CCc1nc2c(-c3ccc(-c4ccccc4)nc3)cnn2c(N)c1S(C)(=O)=O)N(C)C(=O)c1nccnc1N. The quantitative estimate of drug-likeness (QED) is 0.261. The molecule has 216 valence electrons. The Balaban J connectivity index is 1.49. The molecule has 4 heterocycles. The molecule has 0 fully saturated rings. The number of aromatic nitrogens is 6. The maximum absolute atomic E-state index is 13.1. The Kier molecular flexibility index (Phi) is 7.85. The van der Waals surface area contributed by atoms with E-state index in [1.807, 2.05) is 49.4 Å². The molecule has 5 aromatic rings. The number of carbonyl (C=O) groups is 1. The van der Waals surface area contributed by atoms with Crippen molar-refractivity contribution in [2.45, 2.75) is 37.1 Å². The molecule has 1 aromatic carbocycles. The highest BCUT2D eigenvalue weighted by Gasteiger charge is 2.27. The average molecular weight is 586 g/mol. The van der Waals surface area contributed by atoms with Gasteiger partial charge < -0.3 is 16.4 Å². The van der Waals surface area contributed by atoms with Crippen LogP contribution in [0.4, 0.5) is 11.6 Å². The van der Waals surface area contributed by atoms with Crippen LogP contribution in [0.2, 0.25) is 0 Å². The second-order valence-electron chi connectivity index (χ2n) is 9.94. The molecule has 5 rings (SSSR count). The summed E-state index contributed by atoms with van der Waals surface area (Å²) >= 11 is 0. The molecule has 0 unspecified atom stereocenters. The summed E-state index contributed by atoms with van der Waals surface area (Å²) < 4.78 is 27.1. The minimum Gasteiger partial charge on any atom is -0.382 e. The Morgan fingerprint density at radius 3 is 2.38 bits per heavy atom. The number of nitrogens with zero attached hydrogens (tertiary/aromatic N) is 7. The Morgan fingerprint density at radius 1 is 1.00 bits per heavy atom. The Morgan fingerprint density at radius 2 is 1.74 bits per heavy atom. The number of nitrogens with two attached hydrogens (primary N) is 2. The number of fused-ring (bicyclic) bond motifs is 1. The number of carbonyl (C=O) groups excluding carboxylic acids is 1. The fourth-order valence-corrected chi connectivity index (χ4v) is 6.02. The molecule has 0 aliphatic carbocycles. The lowest BCUT2D eigenvalue weighted by atomic mass is 10.0. The third kappa shape index (κ3) is 5.50. The Labute approximate surface area is 243 Å². The molecule has 0 radical (unpaired) electrons. The van der Waals surface area contributed by atoms with Gasteiger partial charge in [0.15, 0.2) is 27.0 Å². The highest BCUT2D eigenvalue weighted by Crippen LogP contribution is 2.31. The predicted octanol–water partition coefficient (Wildman–Crippen LogP) is 3.30. The Hall–Kier alpha value is -4.91. The monoisotopic (exact) mass is 585 g/mol. The molecule has 1 atom stereocenters. The molecular weight excluding hydrogens is 554 g/mol. The van der Waals surface area contributed by atoms with E-state index in [0.717, 1.165) is 23.1 Å². The molecule has 4 N–H and O–H groups in total. The van der Waals surface area contributed by atoms with Gasteiger partial charge in [-0.25, -0.2) is 23.4 Å². The third-order valence-corrected chi connectivity index (χ3v) is 8.39. The van der Waals surface area contributed by atoms with Crippen molar-refractivity contribution in [1.82, 2.24) is 34.4 Å². The van der Waals surface area contributed by atoms with Crippen LogP contribution in [0.25, 0.3) is 28.0 Å². The highest BCUT2D eigenvalue weighted by molar-refractivity contribution is 7.91. The molecule has 0 saturated heterocycles. The van der Waals surface area contributed by atoms with E-state index in [-0.39, 0.29) is 40.6 Å². The zero-order valence-electron chi connectivity index (χ0n) is 23.5. The number of hydrogen-bond acceptors (Lipinski definition) is 10. The predicted molar refractivity (Wildman–Crippen MR) is 160 cm³/mol. The van der Waals surface area contributed by atoms with E-state index in [1.165, 1.54) is 16.9 Å². The summed E-state index contributed by atoms with van der Waals surface area (Å²) in [7, 11) is -2.10. The standard InChI is InChI=1S/C29H31N9O3S/c1-4-20(37(2)29(39)24-26(30)33-15-14-32-24)11-13-23-25(42(3,40)41)27(31)38-28(36-23)21(17-35-38)19-10-12-22(34-16-19)18-8-6-5-7-9-18/h5-10,12,14-17,20H,4,11,13,31H2,1-3H3,(H2,30,33)/t20-/m1/s1. The molecular formula is C29H31N9O3S. The first kappa shape index (κ1) is 28.6. The number of hydrogen-bond donors (Lipinski definition) is 2. The zero-order chi connectivity index (χ0) is 30.0. The van der Waals surface area contributed by atoms with Crippen LogP contribution < -0.4 is 11.5 Å². The topological polar surface area (TPSA) is 175 Å². The number of amides is 1. The first-order valence-corrected chi connectivity index (χ1v) is 15.2. The van der Waals surface area contributed by atoms with Gasteiger partial charge in [0.25, 0.3) is 5.91 Å². The lowest BCUT2D eigenvalue weighted by molar-refractivity contribution is 0.0714. The normalized spacial score (nSPS) is 12.4. The molecule has 4 aromatic heterocycles. The van der Waals surface area contributed by atoms with Gasteiger partial charge in [-0.2, -0.15) is 9.61 Å². The summed E-state index contributed by atoms with van der Waals surface area (Å²) in [6.45, 7) is 1.94. The van der Waals surface area contributed by atoms with Crippen LogP contribution >= 0.6 is 0 Å². The van der Waals surface area contributed by atoms with Crippen molar-refractivity contribution in [3.05, 3.63) is 78.6 Å². The lowest BCUT2D eigenvalue weighted by Gasteiger charge is -2.27. The summed E-state index contributed by atoms with van der Waals surface area (Å²) in [4.78, 5) is 32.0. The summed E-state index contributed by atoms with van der Waals surface area (Å²) in [5.41, 5.74) is 16.3. The molecule has 0 bridgehead atoms. The second kappa shape index (κ2) is 11.5. The number of nitrogen functional groups attached to an aromatic ring is 2. The lowest BCUT2D eigenvalue weighted by Crippen LogP contribution is -2.38. The first-order valence-electron chi connectivity index (χ1n) is 13.3. The van der Waals surface area contributed by atoms with Gasteiger partial charge in [-0.1, -0.05) is 43.3 Å². The van der Waals surface area contributed by atoms with Crippen LogP contribution in [-0.2, 0) is 16.3 Å². The van der Waals surface area contributed by atoms with Crippen molar-refractivity contribution < 1.29 is 13.2 Å². The number of aryl methyl sites for hydroxylation is 1. The van der Waals surface area contributed by atoms with Crippen molar-refractivity contribution >= 4 is 33.0 Å². The van der Waals surface area contributed by atoms with E-state index >= 15 is 0 Å². The Bertz CT molecular complexity index is 1860. The maximum Gasteiger partial charge on any atom is 0.276 e. The fourth-order valence-electron chi connectivity index (χ4n) is 4.98. The molecule has 0 saturated carbocycles. The molecule has 13 heteroatoms. The molecule has 42 heavy (non-hydrogen) atoms. The summed E-state index contributed by atoms with van der Waals surface area (Å²) in [5, 5.41) is 4.35. The number of sulfone groups is 1. The summed E-state index contributed by atoms with van der Waals surface area (Å²) in [6, 6.07) is 13.4. The molecule has 0 spiro atoms. The van der Waals surface area contributed by atoms with Crippen molar-refractivity contribution in [3.63, 3.8) is 0 Å². The van der Waals surface area contributed by atoms with E-state index in [9.17, 15) is 13.2 Å². The van der Waals surface area contributed by atoms with Crippen molar-refractivity contribution in [1.29, 1.82) is 0 Å². The highest BCUT2D eigenvalue weighted by atomic mass is 32.2. The minimum atomic E-state index is -3.76. The molecule has 0 aliphatic rings. The number of rotatable bonds is 9. The van der Waals surface area contributed by atoms with Crippen molar-refractivity contribution in [3.8, 4) is 22.4 Å². The van der Waals surface area contributed by atoms with Gasteiger partial charge in [-0.3, -0.25) is 9.78 Å². The van der Waals surface area contributed by atoms with Gasteiger partial charge >= 0.3 is 0 Å².